The van der Waals surface area contributed by atoms with E-state index in [1.165, 1.54) is 29.7 Å². The molecule has 0 saturated heterocycles. The summed E-state index contributed by atoms with van der Waals surface area (Å²) in [6.45, 7) is 14.3. The number of carbonyl (C=O) groups is 4. The second kappa shape index (κ2) is 16.3. The van der Waals surface area contributed by atoms with Crippen LogP contribution in [0.15, 0.2) is 49.1 Å². The van der Waals surface area contributed by atoms with Crippen LogP contribution in [0.25, 0.3) is 22.3 Å². The topological polar surface area (TPSA) is 205 Å². The number of nitrogen functional groups attached to an aromatic ring is 1. The molecule has 4 heterocycles. The zero-order valence-corrected chi connectivity index (χ0v) is 35.2. The Balaban J connectivity index is 0.000000182. The van der Waals surface area contributed by atoms with Gasteiger partial charge in [0.15, 0.2) is 0 Å². The summed E-state index contributed by atoms with van der Waals surface area (Å²) in [5.41, 5.74) is 11.3. The number of amides is 4. The first-order chi connectivity index (χ1) is 28.4. The molecule has 4 amide bonds. The highest BCUT2D eigenvalue weighted by Crippen LogP contribution is 2.46. The van der Waals surface area contributed by atoms with Crippen molar-refractivity contribution in [1.82, 2.24) is 19.6 Å². The molecule has 0 bridgehead atoms. The smallest absolute Gasteiger partial charge is 0.414 e. The van der Waals surface area contributed by atoms with Gasteiger partial charge in [-0.2, -0.15) is 10.2 Å². The lowest BCUT2D eigenvalue weighted by Gasteiger charge is -2.40. The Labute approximate surface area is 347 Å². The van der Waals surface area contributed by atoms with Gasteiger partial charge in [0.1, 0.15) is 0 Å². The normalized spacial score (nSPS) is 18.4. The van der Waals surface area contributed by atoms with E-state index in [2.05, 4.69) is 10.2 Å². The van der Waals surface area contributed by atoms with E-state index >= 15 is 0 Å². The number of anilines is 5. The van der Waals surface area contributed by atoms with Gasteiger partial charge in [0, 0.05) is 67.8 Å². The number of rotatable bonds is 7. The van der Waals surface area contributed by atoms with Crippen molar-refractivity contribution in [3.05, 3.63) is 59.2 Å². The maximum atomic E-state index is 12.8. The van der Waals surface area contributed by atoms with Gasteiger partial charge in [-0.05, 0) is 85.4 Å². The van der Waals surface area contributed by atoms with Crippen molar-refractivity contribution in [2.75, 3.05) is 38.4 Å². The van der Waals surface area contributed by atoms with Gasteiger partial charge in [-0.25, -0.2) is 9.59 Å². The van der Waals surface area contributed by atoms with Crippen LogP contribution in [0.1, 0.15) is 93.2 Å². The monoisotopic (exact) mass is 824 g/mol. The van der Waals surface area contributed by atoms with Crippen LogP contribution in [0.3, 0.4) is 0 Å². The zero-order chi connectivity index (χ0) is 43.3. The minimum absolute atomic E-state index is 0.0932. The SMILES string of the molecule is CC(=O)N1c2cc(N)c(-c3cnn(C4CC4)c3)cc2N(C(=O)OC(C)C)C[C@@H]1C.CC(=O)N1c2cc([N+](=O)[O-])c(-c3cnn(C4CC4)c3)cc2N(C(=O)OC(C)C)C[C@@H]1C. The maximum Gasteiger partial charge on any atom is 0.414 e. The summed E-state index contributed by atoms with van der Waals surface area (Å²) in [5.74, 6) is -0.349. The molecule has 60 heavy (non-hydrogen) atoms. The van der Waals surface area contributed by atoms with E-state index in [1.54, 1.807) is 61.3 Å². The number of nitrogens with zero attached hydrogens (tertiary/aromatic N) is 9. The Hall–Kier alpha value is -6.46. The maximum absolute atomic E-state index is 12.8. The number of aromatic nitrogens is 4. The Kier molecular flexibility index (Phi) is 11.3. The summed E-state index contributed by atoms with van der Waals surface area (Å²) >= 11 is 0. The standard InChI is InChI=1S/C21H25N5O5.C21H27N5O3/c1-12(2)31-21(28)23-10-13(3)25(14(4)27)20-8-18(26(29)30)17(7-19(20)23)15-9-22-24(11-15)16-5-6-16;1-12(2)29-21(28)24-10-13(3)26(14(4)27)20-8-18(22)17(7-19(20)24)15-9-23-25(11-15)16-5-6-16/h7-9,11-13,16H,5-6,10H2,1-4H3;7-9,11-13,16H,5-6,10,22H2,1-4H3/t2*13-/m00/s1. The van der Waals surface area contributed by atoms with E-state index < -0.39 is 17.1 Å². The van der Waals surface area contributed by atoms with E-state index in [0.29, 0.717) is 58.2 Å². The fourth-order valence-corrected chi connectivity index (χ4v) is 7.84. The van der Waals surface area contributed by atoms with Gasteiger partial charge in [-0.15, -0.1) is 0 Å². The molecule has 2 aliphatic heterocycles. The summed E-state index contributed by atoms with van der Waals surface area (Å²) in [4.78, 5) is 67.9. The van der Waals surface area contributed by atoms with E-state index in [4.69, 9.17) is 15.2 Å². The molecule has 2 aromatic heterocycles. The van der Waals surface area contributed by atoms with Crippen LogP contribution >= 0.6 is 0 Å². The third kappa shape index (κ3) is 8.35. The Morgan fingerprint density at radius 1 is 0.700 bits per heavy atom. The highest BCUT2D eigenvalue weighted by Gasteiger charge is 2.39. The number of nitro benzene ring substituents is 1. The molecule has 18 heteroatoms. The molecule has 318 valence electrons. The Morgan fingerprint density at radius 3 is 1.52 bits per heavy atom. The highest BCUT2D eigenvalue weighted by molar-refractivity contribution is 6.06. The molecular weight excluding hydrogens is 773 g/mol. The van der Waals surface area contributed by atoms with Gasteiger partial charge in [0.25, 0.3) is 5.69 Å². The molecule has 2 fully saturated rings. The van der Waals surface area contributed by atoms with Crippen molar-refractivity contribution in [2.24, 2.45) is 0 Å². The molecule has 4 aromatic rings. The van der Waals surface area contributed by atoms with E-state index in [-0.39, 0.29) is 48.3 Å². The molecule has 18 nitrogen and oxygen atoms in total. The fraction of sp³-hybridized carbons (Fsp3) is 0.476. The van der Waals surface area contributed by atoms with Crippen LogP contribution in [-0.4, -0.2) is 85.9 Å². The third-order valence-electron chi connectivity index (χ3n) is 10.8. The molecule has 8 rings (SSSR count). The van der Waals surface area contributed by atoms with E-state index in [1.807, 2.05) is 42.4 Å². The number of nitrogens with two attached hydrogens (primary N) is 1. The molecular formula is C42H52N10O8. The van der Waals surface area contributed by atoms with Gasteiger partial charge >= 0.3 is 12.2 Å². The van der Waals surface area contributed by atoms with Crippen molar-refractivity contribution in [2.45, 2.75) is 117 Å². The summed E-state index contributed by atoms with van der Waals surface area (Å²) in [7, 11) is 0. The predicted octanol–water partition coefficient (Wildman–Crippen LogP) is 7.47. The van der Waals surface area contributed by atoms with Crippen molar-refractivity contribution >= 4 is 58.1 Å². The van der Waals surface area contributed by atoms with Crippen LogP contribution in [0.4, 0.5) is 43.7 Å². The molecule has 0 radical (unpaired) electrons. The lowest BCUT2D eigenvalue weighted by Crippen LogP contribution is -2.51. The number of hydrogen-bond acceptors (Lipinski definition) is 11. The Bertz CT molecular complexity index is 2350. The van der Waals surface area contributed by atoms with E-state index in [9.17, 15) is 29.3 Å². The number of nitro groups is 1. The average molecular weight is 825 g/mol. The van der Waals surface area contributed by atoms with Crippen molar-refractivity contribution in [3.63, 3.8) is 0 Å². The third-order valence-corrected chi connectivity index (χ3v) is 10.8. The molecule has 0 unspecified atom stereocenters. The molecule has 0 spiro atoms. The van der Waals surface area contributed by atoms with Crippen LogP contribution in [-0.2, 0) is 19.1 Å². The first kappa shape index (κ1) is 41.7. The minimum atomic E-state index is -0.556. The number of hydrogen-bond donors (Lipinski definition) is 1. The highest BCUT2D eigenvalue weighted by atomic mass is 16.6. The molecule has 2 aromatic carbocycles. The number of ether oxygens (including phenoxy) is 2. The van der Waals surface area contributed by atoms with Gasteiger partial charge < -0.3 is 25.0 Å². The second-order valence-corrected chi connectivity index (χ2v) is 16.5. The number of fused-ring (bicyclic) bond motifs is 2. The molecule has 2 saturated carbocycles. The molecule has 2 N–H and O–H groups in total. The van der Waals surface area contributed by atoms with Crippen LogP contribution in [0, 0.1) is 10.1 Å². The van der Waals surface area contributed by atoms with Gasteiger partial charge in [-0.3, -0.25) is 38.9 Å². The zero-order valence-electron chi connectivity index (χ0n) is 35.2. The summed E-state index contributed by atoms with van der Waals surface area (Å²) in [5, 5.41) is 20.7. The van der Waals surface area contributed by atoms with Crippen LogP contribution in [0.2, 0.25) is 0 Å². The van der Waals surface area contributed by atoms with Gasteiger partial charge in [0.05, 0.1) is 82.0 Å². The molecule has 4 aliphatic rings. The van der Waals surface area contributed by atoms with Crippen molar-refractivity contribution < 1.29 is 33.6 Å². The van der Waals surface area contributed by atoms with Gasteiger partial charge in [0.2, 0.25) is 11.8 Å². The van der Waals surface area contributed by atoms with E-state index in [0.717, 1.165) is 36.8 Å². The lowest BCUT2D eigenvalue weighted by atomic mass is 10.0. The first-order valence-electron chi connectivity index (χ1n) is 20.3. The van der Waals surface area contributed by atoms with Crippen LogP contribution < -0.4 is 25.3 Å². The number of benzene rings is 2. The molecule has 2 aliphatic carbocycles. The number of carbonyl (C=O) groups excluding carboxylic acids is 4. The summed E-state index contributed by atoms with van der Waals surface area (Å²) < 4.78 is 14.6. The van der Waals surface area contributed by atoms with Crippen molar-refractivity contribution in [1.29, 1.82) is 0 Å². The summed E-state index contributed by atoms with van der Waals surface area (Å²) in [6, 6.07) is 6.83. The van der Waals surface area contributed by atoms with Crippen molar-refractivity contribution in [3.8, 4) is 22.3 Å². The first-order valence-corrected chi connectivity index (χ1v) is 20.3. The largest absolute Gasteiger partial charge is 0.446 e. The summed E-state index contributed by atoms with van der Waals surface area (Å²) in [6.07, 6.45) is 9.96. The second-order valence-electron chi connectivity index (χ2n) is 16.5. The Morgan fingerprint density at radius 2 is 1.12 bits per heavy atom. The quantitative estimate of drug-likeness (QED) is 0.110. The predicted molar refractivity (Wildman–Crippen MR) is 226 cm³/mol. The fourth-order valence-electron chi connectivity index (χ4n) is 7.84. The molecule has 2 atom stereocenters. The average Bonchev–Trinajstić information content (AvgIpc) is 4.10. The minimum Gasteiger partial charge on any atom is -0.446 e. The van der Waals surface area contributed by atoms with Gasteiger partial charge in [-0.1, -0.05) is 0 Å². The van der Waals surface area contributed by atoms with Crippen LogP contribution in [0.5, 0.6) is 0 Å². The lowest BCUT2D eigenvalue weighted by molar-refractivity contribution is -0.384.